The highest BCUT2D eigenvalue weighted by Gasteiger charge is 2.90. The number of esters is 2. The summed E-state index contributed by atoms with van der Waals surface area (Å²) in [7, 11) is 0. The third kappa shape index (κ3) is 4.68. The second-order valence-electron chi connectivity index (χ2n) is 14.2. The minimum absolute atomic E-state index is 0.0247. The van der Waals surface area contributed by atoms with Gasteiger partial charge in [0.15, 0.2) is 11.7 Å². The van der Waals surface area contributed by atoms with Crippen molar-refractivity contribution in [2.75, 3.05) is 13.2 Å². The molecule has 0 aromatic heterocycles. The number of fused-ring (bicyclic) bond motifs is 3. The zero-order chi connectivity index (χ0) is 35.5. The second-order valence-corrected chi connectivity index (χ2v) is 16.7. The van der Waals surface area contributed by atoms with E-state index in [1.165, 1.54) is 6.92 Å². The number of alkyl halides is 3. The molecular formula is C33H35Cl3O13. The summed E-state index contributed by atoms with van der Waals surface area (Å²) < 4.78 is 47.0. The van der Waals surface area contributed by atoms with Crippen molar-refractivity contribution in [2.45, 2.75) is 98.8 Å². The Morgan fingerprint density at radius 2 is 1.78 bits per heavy atom. The number of rotatable bonds is 5. The van der Waals surface area contributed by atoms with Gasteiger partial charge in [0.2, 0.25) is 3.79 Å². The second kappa shape index (κ2) is 11.1. The van der Waals surface area contributed by atoms with Crippen LogP contribution in [0.5, 0.6) is 0 Å². The van der Waals surface area contributed by atoms with Crippen molar-refractivity contribution in [3.05, 3.63) is 47.0 Å². The first kappa shape index (κ1) is 34.6. The van der Waals surface area contributed by atoms with Gasteiger partial charge < -0.3 is 43.0 Å². The molecule has 6 aliphatic rings. The highest BCUT2D eigenvalue weighted by molar-refractivity contribution is 6.67. The van der Waals surface area contributed by atoms with Crippen LogP contribution in [0, 0.1) is 16.7 Å². The number of carbonyl (C=O) groups excluding carboxylic acids is 4. The molecule has 2 bridgehead atoms. The zero-order valence-corrected chi connectivity index (χ0v) is 29.4. The molecule has 13 nitrogen and oxygen atoms in total. The fraction of sp³-hybridized carbons (Fsp3) is 0.636. The van der Waals surface area contributed by atoms with E-state index in [0.717, 1.165) is 0 Å². The first-order valence-electron chi connectivity index (χ1n) is 15.8. The van der Waals surface area contributed by atoms with Crippen molar-refractivity contribution in [1.29, 1.82) is 0 Å². The highest BCUT2D eigenvalue weighted by Crippen LogP contribution is 2.76. The van der Waals surface area contributed by atoms with E-state index in [1.807, 2.05) is 0 Å². The molecule has 0 unspecified atom stereocenters. The minimum atomic E-state index is -2.09. The Morgan fingerprint density at radius 1 is 1.08 bits per heavy atom. The molecule has 5 fully saturated rings. The van der Waals surface area contributed by atoms with Gasteiger partial charge in [-0.3, -0.25) is 4.79 Å². The van der Waals surface area contributed by atoms with E-state index < -0.39 is 98.9 Å². The predicted octanol–water partition coefficient (Wildman–Crippen LogP) is 4.95. The molecule has 16 heteroatoms. The Balaban J connectivity index is 1.51. The largest absolute Gasteiger partial charge is 0.511 e. The molecule has 7 rings (SSSR count). The van der Waals surface area contributed by atoms with E-state index in [-0.39, 0.29) is 25.0 Å². The molecule has 1 aromatic carbocycles. The topological polar surface area (TPSA) is 162 Å². The first-order valence-corrected chi connectivity index (χ1v) is 16.9. The first-order chi connectivity index (χ1) is 22.8. The van der Waals surface area contributed by atoms with E-state index >= 15 is 0 Å². The maximum absolute atomic E-state index is 14.2. The number of aliphatic hydroxyl groups is 1. The van der Waals surface area contributed by atoms with E-state index in [1.54, 1.807) is 58.0 Å². The van der Waals surface area contributed by atoms with Crippen molar-refractivity contribution in [2.24, 2.45) is 16.7 Å². The molecule has 0 radical (unpaired) electrons. The maximum atomic E-state index is 14.2. The van der Waals surface area contributed by atoms with E-state index in [2.05, 4.69) is 0 Å². The Hall–Kier alpha value is -2.81. The lowest BCUT2D eigenvalue weighted by Crippen LogP contribution is -2.80. The van der Waals surface area contributed by atoms with Gasteiger partial charge in [-0.2, -0.15) is 0 Å². The van der Waals surface area contributed by atoms with Crippen LogP contribution in [0.1, 0.15) is 57.8 Å². The molecule has 0 spiro atoms. The lowest BCUT2D eigenvalue weighted by atomic mass is 9.50. The predicted molar refractivity (Wildman–Crippen MR) is 168 cm³/mol. The van der Waals surface area contributed by atoms with Crippen LogP contribution in [0.15, 0.2) is 41.5 Å². The summed E-state index contributed by atoms with van der Waals surface area (Å²) in [6.07, 6.45) is -8.30. The van der Waals surface area contributed by atoms with Gasteiger partial charge in [0.25, 0.3) is 5.79 Å². The lowest BCUT2D eigenvalue weighted by Gasteiger charge is -2.64. The molecule has 3 aliphatic carbocycles. The molecular weight excluding hydrogens is 711 g/mol. The van der Waals surface area contributed by atoms with Crippen LogP contribution in [0.2, 0.25) is 0 Å². The zero-order valence-electron chi connectivity index (χ0n) is 27.2. The summed E-state index contributed by atoms with van der Waals surface area (Å²) in [5.41, 5.74) is -4.90. The molecule has 3 saturated heterocycles. The maximum Gasteiger partial charge on any atom is 0.511 e. The summed E-state index contributed by atoms with van der Waals surface area (Å²) in [5, 5.41) is 11.6. The van der Waals surface area contributed by atoms with Crippen molar-refractivity contribution >= 4 is 59.1 Å². The fourth-order valence-corrected chi connectivity index (χ4v) is 9.74. The Bertz CT molecular complexity index is 1640. The molecule has 49 heavy (non-hydrogen) atoms. The number of hydrogen-bond donors (Lipinski definition) is 1. The fourth-order valence-electron chi connectivity index (χ4n) is 9.57. The Labute approximate surface area is 296 Å². The molecule has 1 N–H and O–H groups in total. The molecule has 2 saturated carbocycles. The third-order valence-electron chi connectivity index (χ3n) is 11.5. The van der Waals surface area contributed by atoms with Crippen LogP contribution < -0.4 is 0 Å². The normalized spacial score (nSPS) is 41.0. The monoisotopic (exact) mass is 744 g/mol. The summed E-state index contributed by atoms with van der Waals surface area (Å²) in [6.45, 7) is 7.27. The Morgan fingerprint density at radius 3 is 2.39 bits per heavy atom. The number of ether oxygens (including phenoxy) is 8. The van der Waals surface area contributed by atoms with Crippen LogP contribution in [-0.4, -0.2) is 93.9 Å². The van der Waals surface area contributed by atoms with Gasteiger partial charge in [0.05, 0.1) is 40.6 Å². The van der Waals surface area contributed by atoms with Crippen molar-refractivity contribution < 1.29 is 62.2 Å². The highest BCUT2D eigenvalue weighted by atomic mass is 35.6. The van der Waals surface area contributed by atoms with Gasteiger partial charge in [0, 0.05) is 13.3 Å². The number of carbonyl (C=O) groups is 4. The number of hydrogen-bond acceptors (Lipinski definition) is 13. The average Bonchev–Trinajstić information content (AvgIpc) is 3.45. The Kier molecular flexibility index (Phi) is 7.84. The van der Waals surface area contributed by atoms with E-state index in [9.17, 15) is 24.3 Å². The SMILES string of the molecule is CC(=O)O[C@@]12CO[C@@H]1C[C@H](OC(=O)OCC(Cl)(Cl)Cl)[C@]1(C)[C@@H]2[C@H](OC(=O)c2ccccc2)[C@]23C[C@H](O)C(C)=C2[C@H]2OC(=O)O[C@@]21OC3(C)C. The quantitative estimate of drug-likeness (QED) is 0.187. The molecule has 0 amide bonds. The van der Waals surface area contributed by atoms with Crippen molar-refractivity contribution in [1.82, 2.24) is 0 Å². The third-order valence-corrected chi connectivity index (χ3v) is 11.8. The number of benzene rings is 1. The van der Waals surface area contributed by atoms with E-state index in [0.29, 0.717) is 11.1 Å². The summed E-state index contributed by atoms with van der Waals surface area (Å²) >= 11 is 17.5. The van der Waals surface area contributed by atoms with Crippen LogP contribution in [0.4, 0.5) is 9.59 Å². The van der Waals surface area contributed by atoms with Gasteiger partial charge in [-0.05, 0) is 57.4 Å². The van der Waals surface area contributed by atoms with Crippen molar-refractivity contribution in [3.8, 4) is 0 Å². The number of aliphatic hydroxyl groups excluding tert-OH is 1. The van der Waals surface area contributed by atoms with Crippen LogP contribution in [-0.2, 0) is 42.7 Å². The minimum Gasteiger partial charge on any atom is -0.457 e. The van der Waals surface area contributed by atoms with Gasteiger partial charge in [0.1, 0.15) is 24.9 Å². The standard InChI is InChI=1S/C33H35Cl3O13/c1-15-18(38)12-30-21(15)23-33(48-27(41)46-23,49-28(30,3)4)29(5)19(44-26(40)43-14-32(34,35)36)11-20-31(13-42-20,47-16(2)37)22(29)24(30)45-25(39)17-9-7-6-8-10-17/h6-10,18-20,22-24,38H,11-14H2,1-5H3/t18-,19-,20+,22-,23+,24-,29+,30-,31-,33+/m0/s1. The molecule has 1 aromatic rings. The van der Waals surface area contributed by atoms with Gasteiger partial charge in [-0.1, -0.05) is 53.0 Å². The summed E-state index contributed by atoms with van der Waals surface area (Å²) in [5.74, 6) is -4.65. The summed E-state index contributed by atoms with van der Waals surface area (Å²) in [6, 6.07) is 8.28. The summed E-state index contributed by atoms with van der Waals surface area (Å²) in [4.78, 5) is 53.7. The molecule has 266 valence electrons. The smallest absolute Gasteiger partial charge is 0.457 e. The van der Waals surface area contributed by atoms with Crippen LogP contribution >= 0.6 is 34.8 Å². The average molecular weight is 746 g/mol. The van der Waals surface area contributed by atoms with Gasteiger partial charge in [-0.15, -0.1) is 0 Å². The van der Waals surface area contributed by atoms with E-state index in [4.69, 9.17) is 72.7 Å². The van der Waals surface area contributed by atoms with Gasteiger partial charge >= 0.3 is 24.2 Å². The van der Waals surface area contributed by atoms with Crippen LogP contribution in [0.25, 0.3) is 0 Å². The van der Waals surface area contributed by atoms with Gasteiger partial charge in [-0.25, -0.2) is 14.4 Å². The molecule has 3 aliphatic heterocycles. The molecule has 10 atom stereocenters. The molecule has 3 heterocycles. The number of halogens is 3. The lowest BCUT2D eigenvalue weighted by molar-refractivity contribution is -0.388. The van der Waals surface area contributed by atoms with Crippen molar-refractivity contribution in [3.63, 3.8) is 0 Å². The van der Waals surface area contributed by atoms with Crippen LogP contribution in [0.3, 0.4) is 0 Å².